The van der Waals surface area contributed by atoms with Gasteiger partial charge in [0.2, 0.25) is 0 Å². The highest BCUT2D eigenvalue weighted by Crippen LogP contribution is 2.24. The van der Waals surface area contributed by atoms with Gasteiger partial charge in [-0.25, -0.2) is 0 Å². The summed E-state index contributed by atoms with van der Waals surface area (Å²) in [5.74, 6) is 0.401. The topological polar surface area (TPSA) is 62.4 Å². The van der Waals surface area contributed by atoms with Crippen LogP contribution in [0.4, 0.5) is 0 Å². The van der Waals surface area contributed by atoms with E-state index in [0.717, 1.165) is 12.8 Å². The molecule has 0 radical (unpaired) electrons. The van der Waals surface area contributed by atoms with Gasteiger partial charge in [0.25, 0.3) is 5.91 Å². The number of hydrazine groups is 1. The number of benzene rings is 1. The fourth-order valence-corrected chi connectivity index (χ4v) is 3.02. The highest BCUT2D eigenvalue weighted by Gasteiger charge is 2.18. The lowest BCUT2D eigenvalue weighted by molar-refractivity contribution is -0.127. The third-order valence-corrected chi connectivity index (χ3v) is 4.61. The summed E-state index contributed by atoms with van der Waals surface area (Å²) in [5, 5.41) is 3.65. The Bertz CT molecular complexity index is 590. The average molecular weight is 364 g/mol. The van der Waals surface area contributed by atoms with Crippen LogP contribution < -0.4 is 20.9 Å². The summed E-state index contributed by atoms with van der Waals surface area (Å²) < 4.78 is 5.69. The summed E-state index contributed by atoms with van der Waals surface area (Å²) in [4.78, 5) is 12.1. The van der Waals surface area contributed by atoms with E-state index in [1.165, 1.54) is 18.4 Å². The number of hydrogen-bond donors (Lipinski definition) is 3. The molecule has 1 aromatic rings. The lowest BCUT2D eigenvalue weighted by Crippen LogP contribution is -2.52. The Labute approximate surface area is 155 Å². The van der Waals surface area contributed by atoms with Crippen LogP contribution in [0.1, 0.15) is 58.9 Å². The maximum absolute atomic E-state index is 12.1. The van der Waals surface area contributed by atoms with Gasteiger partial charge in [-0.05, 0) is 55.1 Å². The van der Waals surface area contributed by atoms with Crippen molar-refractivity contribution in [1.82, 2.24) is 16.2 Å². The number of carbonyl (C=O) groups excluding carboxylic acids is 1. The molecule has 0 aromatic heterocycles. The quantitative estimate of drug-likeness (QED) is 0.566. The lowest BCUT2D eigenvalue weighted by Gasteiger charge is -2.20. The molecular weight excluding hydrogens is 334 g/mol. The zero-order chi connectivity index (χ0) is 18.4. The minimum Gasteiger partial charge on any atom is -0.481 e. The summed E-state index contributed by atoms with van der Waals surface area (Å²) in [6.45, 7) is 8.19. The lowest BCUT2D eigenvalue weighted by atomic mass is 9.87. The van der Waals surface area contributed by atoms with Gasteiger partial charge >= 0.3 is 0 Å². The number of thiocarbonyl (C=S) groups is 1. The molecule has 1 atom stereocenters. The smallest absolute Gasteiger partial charge is 0.279 e. The first-order chi connectivity index (χ1) is 11.8. The molecule has 5 nitrogen and oxygen atoms in total. The highest BCUT2D eigenvalue weighted by atomic mass is 32.1. The first kappa shape index (κ1) is 19.5. The van der Waals surface area contributed by atoms with E-state index >= 15 is 0 Å². The molecule has 0 saturated heterocycles. The van der Waals surface area contributed by atoms with Crippen LogP contribution in [0.15, 0.2) is 24.3 Å². The third kappa shape index (κ3) is 6.20. The molecule has 0 spiro atoms. The molecule has 0 unspecified atom stereocenters. The molecule has 1 saturated carbocycles. The standard InChI is InChI=1S/C19H29N3O2S/c1-13(24-16-11-9-14(10-12-16)19(2,3)4)17(23)21-22-18(25)20-15-7-5-6-8-15/h9-13,15H,5-8H2,1-4H3,(H,21,23)(H2,20,22,25)/t13-/m0/s1. The van der Waals surface area contributed by atoms with E-state index in [2.05, 4.69) is 36.9 Å². The van der Waals surface area contributed by atoms with Crippen molar-refractivity contribution in [2.24, 2.45) is 0 Å². The fourth-order valence-electron chi connectivity index (χ4n) is 2.80. The van der Waals surface area contributed by atoms with Crippen molar-refractivity contribution in [1.29, 1.82) is 0 Å². The van der Waals surface area contributed by atoms with E-state index in [-0.39, 0.29) is 11.3 Å². The van der Waals surface area contributed by atoms with Gasteiger partial charge in [0, 0.05) is 6.04 Å². The minimum atomic E-state index is -0.623. The Morgan fingerprint density at radius 2 is 1.76 bits per heavy atom. The molecule has 1 aliphatic rings. The van der Waals surface area contributed by atoms with Crippen LogP contribution >= 0.6 is 12.2 Å². The number of rotatable bonds is 4. The Hall–Kier alpha value is -1.82. The van der Waals surface area contributed by atoms with Gasteiger partial charge < -0.3 is 10.1 Å². The maximum Gasteiger partial charge on any atom is 0.279 e. The van der Waals surface area contributed by atoms with Crippen molar-refractivity contribution in [3.05, 3.63) is 29.8 Å². The SMILES string of the molecule is C[C@H](Oc1ccc(C(C)(C)C)cc1)C(=O)NNC(=S)NC1CCCC1. The monoisotopic (exact) mass is 363 g/mol. The van der Waals surface area contributed by atoms with E-state index in [1.54, 1.807) is 6.92 Å². The van der Waals surface area contributed by atoms with E-state index in [1.807, 2.05) is 24.3 Å². The zero-order valence-electron chi connectivity index (χ0n) is 15.5. The summed E-state index contributed by atoms with van der Waals surface area (Å²) in [7, 11) is 0. The van der Waals surface area contributed by atoms with Crippen molar-refractivity contribution in [2.75, 3.05) is 0 Å². The van der Waals surface area contributed by atoms with Crippen molar-refractivity contribution < 1.29 is 9.53 Å². The van der Waals surface area contributed by atoms with Crippen LogP contribution in [0, 0.1) is 0 Å². The Morgan fingerprint density at radius 1 is 1.16 bits per heavy atom. The summed E-state index contributed by atoms with van der Waals surface area (Å²) >= 11 is 5.20. The van der Waals surface area contributed by atoms with Gasteiger partial charge in [0.15, 0.2) is 11.2 Å². The maximum atomic E-state index is 12.1. The molecule has 1 fully saturated rings. The number of ether oxygens (including phenoxy) is 1. The predicted octanol–water partition coefficient (Wildman–Crippen LogP) is 3.19. The third-order valence-electron chi connectivity index (χ3n) is 4.39. The van der Waals surface area contributed by atoms with Crippen molar-refractivity contribution in [3.8, 4) is 5.75 Å². The van der Waals surface area contributed by atoms with Crippen LogP contribution in [-0.4, -0.2) is 23.2 Å². The summed E-state index contributed by atoms with van der Waals surface area (Å²) in [6, 6.07) is 8.25. The molecule has 1 aliphatic carbocycles. The molecule has 1 amide bonds. The molecule has 25 heavy (non-hydrogen) atoms. The Morgan fingerprint density at radius 3 is 2.32 bits per heavy atom. The second-order valence-corrected chi connectivity index (χ2v) is 8.01. The molecule has 0 bridgehead atoms. The van der Waals surface area contributed by atoms with E-state index in [9.17, 15) is 4.79 Å². The Balaban J connectivity index is 1.76. The molecule has 138 valence electrons. The molecular formula is C19H29N3O2S. The van der Waals surface area contributed by atoms with Crippen LogP contribution in [0.3, 0.4) is 0 Å². The zero-order valence-corrected chi connectivity index (χ0v) is 16.3. The minimum absolute atomic E-state index is 0.0907. The fraction of sp³-hybridized carbons (Fsp3) is 0.579. The summed E-state index contributed by atoms with van der Waals surface area (Å²) in [5.41, 5.74) is 6.65. The average Bonchev–Trinajstić information content (AvgIpc) is 3.05. The van der Waals surface area contributed by atoms with Crippen LogP contribution in [0.5, 0.6) is 5.75 Å². The van der Waals surface area contributed by atoms with E-state index in [0.29, 0.717) is 16.9 Å². The van der Waals surface area contributed by atoms with Crippen molar-refractivity contribution >= 4 is 23.2 Å². The Kier molecular flexibility index (Phi) is 6.64. The van der Waals surface area contributed by atoms with Crippen LogP contribution in [-0.2, 0) is 10.2 Å². The molecule has 6 heteroatoms. The van der Waals surface area contributed by atoms with E-state index < -0.39 is 6.10 Å². The predicted molar refractivity (Wildman–Crippen MR) is 105 cm³/mol. The number of nitrogens with one attached hydrogen (secondary N) is 3. The van der Waals surface area contributed by atoms with Crippen LogP contribution in [0.2, 0.25) is 0 Å². The van der Waals surface area contributed by atoms with E-state index in [4.69, 9.17) is 17.0 Å². The van der Waals surface area contributed by atoms with Gasteiger partial charge in [-0.3, -0.25) is 15.6 Å². The van der Waals surface area contributed by atoms with Crippen molar-refractivity contribution in [2.45, 2.75) is 70.9 Å². The normalized spacial score (nSPS) is 16.2. The number of amides is 1. The first-order valence-electron chi connectivity index (χ1n) is 8.89. The van der Waals surface area contributed by atoms with Gasteiger partial charge in [-0.1, -0.05) is 45.7 Å². The number of hydrogen-bond acceptors (Lipinski definition) is 3. The van der Waals surface area contributed by atoms with Crippen molar-refractivity contribution in [3.63, 3.8) is 0 Å². The molecule has 3 N–H and O–H groups in total. The molecule has 0 heterocycles. The van der Waals surface area contributed by atoms with Gasteiger partial charge in [-0.15, -0.1) is 0 Å². The molecule has 0 aliphatic heterocycles. The molecule has 2 rings (SSSR count). The first-order valence-corrected chi connectivity index (χ1v) is 9.30. The summed E-state index contributed by atoms with van der Waals surface area (Å²) in [6.07, 6.45) is 4.08. The number of carbonyl (C=O) groups is 1. The van der Waals surface area contributed by atoms with Gasteiger partial charge in [0.05, 0.1) is 0 Å². The second kappa shape index (κ2) is 8.52. The van der Waals surface area contributed by atoms with Gasteiger partial charge in [0.1, 0.15) is 5.75 Å². The second-order valence-electron chi connectivity index (χ2n) is 7.60. The largest absolute Gasteiger partial charge is 0.481 e. The van der Waals surface area contributed by atoms with Gasteiger partial charge in [-0.2, -0.15) is 0 Å². The molecule has 1 aromatic carbocycles. The highest BCUT2D eigenvalue weighted by molar-refractivity contribution is 7.80. The van der Waals surface area contributed by atoms with Crippen LogP contribution in [0.25, 0.3) is 0 Å².